The van der Waals surface area contributed by atoms with Crippen molar-refractivity contribution in [2.24, 2.45) is 0 Å². The van der Waals surface area contributed by atoms with E-state index in [2.05, 4.69) is 5.32 Å². The Hall–Kier alpha value is -2.28. The zero-order chi connectivity index (χ0) is 19.3. The standard InChI is InChI=1S/C19H20F3NO2S/c1-4-12-9-13(18(21)22)17(8-11(12)2)25-10-14-15(20)6-5-7-16(14)23-19(26)24-3/h5-9,18H,4,10H2,1-3H3,(H,23,26). The molecule has 0 saturated heterocycles. The van der Waals surface area contributed by atoms with Gasteiger partial charge in [0.2, 0.25) is 0 Å². The molecular weight excluding hydrogens is 363 g/mol. The fourth-order valence-corrected chi connectivity index (χ4v) is 2.67. The Kier molecular flexibility index (Phi) is 6.85. The molecule has 0 bridgehead atoms. The van der Waals surface area contributed by atoms with Crippen molar-refractivity contribution in [3.05, 3.63) is 58.4 Å². The first kappa shape index (κ1) is 20.0. The molecule has 0 aromatic heterocycles. The summed E-state index contributed by atoms with van der Waals surface area (Å²) in [4.78, 5) is 0. The van der Waals surface area contributed by atoms with Crippen LogP contribution in [0, 0.1) is 12.7 Å². The molecule has 2 rings (SSSR count). The Morgan fingerprint density at radius 3 is 2.62 bits per heavy atom. The minimum Gasteiger partial charge on any atom is -0.488 e. The SMILES string of the molecule is CCc1cc(C(F)F)c(OCc2c(F)cccc2NC(=S)OC)cc1C. The summed E-state index contributed by atoms with van der Waals surface area (Å²) >= 11 is 4.92. The van der Waals surface area contributed by atoms with Gasteiger partial charge in [-0.25, -0.2) is 13.2 Å². The van der Waals surface area contributed by atoms with Crippen molar-refractivity contribution in [2.75, 3.05) is 12.4 Å². The van der Waals surface area contributed by atoms with Crippen molar-refractivity contribution in [1.29, 1.82) is 0 Å². The van der Waals surface area contributed by atoms with Crippen molar-refractivity contribution in [3.8, 4) is 5.75 Å². The first-order chi connectivity index (χ1) is 12.4. The van der Waals surface area contributed by atoms with Gasteiger partial charge in [0.15, 0.2) is 0 Å². The molecule has 2 aromatic carbocycles. The molecule has 0 unspecified atom stereocenters. The fourth-order valence-electron chi connectivity index (χ4n) is 2.56. The summed E-state index contributed by atoms with van der Waals surface area (Å²) < 4.78 is 51.4. The zero-order valence-electron chi connectivity index (χ0n) is 14.7. The second-order valence-electron chi connectivity index (χ2n) is 5.64. The Bertz CT molecular complexity index is 797. The molecule has 0 heterocycles. The Morgan fingerprint density at radius 2 is 2.00 bits per heavy atom. The van der Waals surface area contributed by atoms with Gasteiger partial charge in [-0.3, -0.25) is 0 Å². The maximum atomic E-state index is 14.2. The molecule has 2 aromatic rings. The lowest BCUT2D eigenvalue weighted by molar-refractivity contribution is 0.144. The number of rotatable bonds is 6. The molecule has 0 amide bonds. The molecule has 0 spiro atoms. The van der Waals surface area contributed by atoms with Crippen LogP contribution in [0.25, 0.3) is 0 Å². The highest BCUT2D eigenvalue weighted by molar-refractivity contribution is 7.80. The Labute approximate surface area is 156 Å². The van der Waals surface area contributed by atoms with Crippen LogP contribution in [0.2, 0.25) is 0 Å². The van der Waals surface area contributed by atoms with Gasteiger partial charge in [0.05, 0.1) is 18.4 Å². The average molecular weight is 383 g/mol. The third kappa shape index (κ3) is 4.66. The van der Waals surface area contributed by atoms with E-state index in [-0.39, 0.29) is 28.7 Å². The molecule has 140 valence electrons. The van der Waals surface area contributed by atoms with E-state index in [1.165, 1.54) is 25.3 Å². The van der Waals surface area contributed by atoms with Gasteiger partial charge in [0.25, 0.3) is 11.6 Å². The maximum Gasteiger partial charge on any atom is 0.267 e. The lowest BCUT2D eigenvalue weighted by atomic mass is 10.0. The number of benzene rings is 2. The van der Waals surface area contributed by atoms with Gasteiger partial charge < -0.3 is 14.8 Å². The van der Waals surface area contributed by atoms with E-state index in [0.29, 0.717) is 12.1 Å². The number of methoxy groups -OCH3 is 1. The summed E-state index contributed by atoms with van der Waals surface area (Å²) in [5.74, 6) is -0.493. The molecule has 3 nitrogen and oxygen atoms in total. The molecular formula is C19H20F3NO2S. The van der Waals surface area contributed by atoms with E-state index in [1.807, 2.05) is 13.8 Å². The van der Waals surface area contributed by atoms with E-state index in [9.17, 15) is 13.2 Å². The lowest BCUT2D eigenvalue weighted by Crippen LogP contribution is -2.14. The number of ether oxygens (including phenoxy) is 2. The minimum absolute atomic E-state index is 0.0400. The summed E-state index contributed by atoms with van der Waals surface area (Å²) in [5, 5.41) is 2.81. The largest absolute Gasteiger partial charge is 0.488 e. The van der Waals surface area contributed by atoms with Gasteiger partial charge in [-0.15, -0.1) is 0 Å². The lowest BCUT2D eigenvalue weighted by Gasteiger charge is -2.17. The summed E-state index contributed by atoms with van der Waals surface area (Å²) in [7, 11) is 1.39. The predicted octanol–water partition coefficient (Wildman–Crippen LogP) is 5.56. The molecule has 0 saturated carbocycles. The third-order valence-electron chi connectivity index (χ3n) is 4.00. The van der Waals surface area contributed by atoms with Crippen LogP contribution in [0.3, 0.4) is 0 Å². The van der Waals surface area contributed by atoms with Crippen LogP contribution in [0.15, 0.2) is 30.3 Å². The smallest absolute Gasteiger partial charge is 0.267 e. The van der Waals surface area contributed by atoms with Gasteiger partial charge >= 0.3 is 0 Å². The summed E-state index contributed by atoms with van der Waals surface area (Å²) in [5.41, 5.74) is 2.00. The second-order valence-corrected chi connectivity index (χ2v) is 6.01. The topological polar surface area (TPSA) is 30.5 Å². The molecule has 26 heavy (non-hydrogen) atoms. The molecule has 0 aliphatic heterocycles. The molecule has 0 fully saturated rings. The first-order valence-corrected chi connectivity index (χ1v) is 8.44. The van der Waals surface area contributed by atoms with Gasteiger partial charge in [-0.2, -0.15) is 0 Å². The highest BCUT2D eigenvalue weighted by atomic mass is 32.1. The van der Waals surface area contributed by atoms with Crippen LogP contribution in [0.5, 0.6) is 5.75 Å². The summed E-state index contributed by atoms with van der Waals surface area (Å²) in [6.45, 7) is 3.49. The molecule has 0 aliphatic rings. The van der Waals surface area contributed by atoms with Crippen LogP contribution < -0.4 is 10.1 Å². The van der Waals surface area contributed by atoms with E-state index >= 15 is 0 Å². The number of aryl methyl sites for hydroxylation is 2. The highest BCUT2D eigenvalue weighted by Gasteiger charge is 2.18. The number of anilines is 1. The van der Waals surface area contributed by atoms with Crippen molar-refractivity contribution in [3.63, 3.8) is 0 Å². The molecule has 0 aliphatic carbocycles. The second kappa shape index (κ2) is 8.89. The molecule has 0 atom stereocenters. The maximum absolute atomic E-state index is 14.2. The van der Waals surface area contributed by atoms with Crippen LogP contribution >= 0.6 is 12.2 Å². The van der Waals surface area contributed by atoms with Crippen molar-refractivity contribution in [1.82, 2.24) is 0 Å². The van der Waals surface area contributed by atoms with Gasteiger partial charge in [-0.05, 0) is 61.0 Å². The first-order valence-electron chi connectivity index (χ1n) is 8.04. The van der Waals surface area contributed by atoms with Crippen molar-refractivity contribution in [2.45, 2.75) is 33.3 Å². The summed E-state index contributed by atoms with van der Waals surface area (Å²) in [6, 6.07) is 7.37. The number of halogens is 3. The zero-order valence-corrected chi connectivity index (χ0v) is 15.6. The number of nitrogens with one attached hydrogen (secondary N) is 1. The number of hydrogen-bond donors (Lipinski definition) is 1. The number of hydrogen-bond acceptors (Lipinski definition) is 3. The van der Waals surface area contributed by atoms with E-state index in [1.54, 1.807) is 12.1 Å². The average Bonchev–Trinajstić information content (AvgIpc) is 2.60. The Morgan fingerprint density at radius 1 is 1.27 bits per heavy atom. The molecule has 1 N–H and O–H groups in total. The van der Waals surface area contributed by atoms with E-state index in [0.717, 1.165) is 11.1 Å². The monoisotopic (exact) mass is 383 g/mol. The number of thiocarbonyl (C=S) groups is 1. The van der Waals surface area contributed by atoms with Crippen molar-refractivity contribution >= 4 is 23.1 Å². The Balaban J connectivity index is 2.32. The van der Waals surface area contributed by atoms with Crippen molar-refractivity contribution < 1.29 is 22.6 Å². The van der Waals surface area contributed by atoms with E-state index < -0.39 is 12.2 Å². The fraction of sp³-hybridized carbons (Fsp3) is 0.316. The normalized spacial score (nSPS) is 10.7. The minimum atomic E-state index is -2.69. The van der Waals surface area contributed by atoms with Gasteiger partial charge in [-0.1, -0.05) is 13.0 Å². The predicted molar refractivity (Wildman–Crippen MR) is 99.5 cm³/mol. The highest BCUT2D eigenvalue weighted by Crippen LogP contribution is 2.33. The van der Waals surface area contributed by atoms with Crippen LogP contribution in [-0.2, 0) is 17.8 Å². The van der Waals surface area contributed by atoms with Gasteiger partial charge in [0.1, 0.15) is 18.2 Å². The number of alkyl halides is 2. The quantitative estimate of drug-likeness (QED) is 0.662. The molecule has 7 heteroatoms. The third-order valence-corrected chi connectivity index (χ3v) is 4.27. The summed E-state index contributed by atoms with van der Waals surface area (Å²) in [6.07, 6.45) is -2.04. The van der Waals surface area contributed by atoms with Crippen LogP contribution in [0.1, 0.15) is 35.6 Å². The van der Waals surface area contributed by atoms with E-state index in [4.69, 9.17) is 21.7 Å². The van der Waals surface area contributed by atoms with Gasteiger partial charge in [0, 0.05) is 5.56 Å². The van der Waals surface area contributed by atoms with Crippen LogP contribution in [0.4, 0.5) is 18.9 Å². The van der Waals surface area contributed by atoms with Crippen LogP contribution in [-0.4, -0.2) is 12.3 Å². The molecule has 0 radical (unpaired) electrons.